The highest BCUT2D eigenvalue weighted by Gasteiger charge is 2.41. The second kappa shape index (κ2) is 10.2. The molecule has 2 heterocycles. The van der Waals surface area contributed by atoms with E-state index in [1.165, 1.54) is 29.5 Å². The molecule has 1 aromatic rings. The standard InChI is InChI=1S/C21H30F2N4O3S/c1-13-3-5-14(6-4-13)18(24)19(29)26-20-25-9-17(31-20)16(11-30-2)27-12-21(22,23)8-7-15(27)10-28/h9,13-14,16,18H,3-8,11-12,24H2,1-2H3,(H,25,26,29)/t13?,14?,16?,18-/m0/s1. The van der Waals surface area contributed by atoms with Gasteiger partial charge in [-0.25, -0.2) is 18.6 Å². The number of methoxy groups -OCH3 is 1. The zero-order chi connectivity index (χ0) is 22.6. The number of nitrogens with one attached hydrogen (secondary N) is 1. The van der Waals surface area contributed by atoms with Gasteiger partial charge in [-0.15, -0.1) is 0 Å². The Hall–Kier alpha value is -1.87. The quantitative estimate of drug-likeness (QED) is 0.611. The number of nitrogens with two attached hydrogens (primary N) is 1. The van der Waals surface area contributed by atoms with E-state index in [1.807, 2.05) is 0 Å². The van der Waals surface area contributed by atoms with Crippen molar-refractivity contribution in [2.24, 2.45) is 17.6 Å². The lowest BCUT2D eigenvalue weighted by Gasteiger charge is -2.39. The van der Waals surface area contributed by atoms with Crippen LogP contribution in [0.5, 0.6) is 0 Å². The Morgan fingerprint density at radius 1 is 1.45 bits per heavy atom. The average molecular weight is 457 g/mol. The number of piperidine rings is 1. The van der Waals surface area contributed by atoms with Crippen molar-refractivity contribution in [3.8, 4) is 0 Å². The second-order valence-corrected chi connectivity index (χ2v) is 9.67. The van der Waals surface area contributed by atoms with Crippen molar-refractivity contribution in [1.29, 1.82) is 0 Å². The van der Waals surface area contributed by atoms with Gasteiger partial charge in [0.05, 0.1) is 35.8 Å². The minimum absolute atomic E-state index is 0.0476. The Morgan fingerprint density at radius 2 is 2.16 bits per heavy atom. The number of hydrogen-bond donors (Lipinski definition) is 2. The summed E-state index contributed by atoms with van der Waals surface area (Å²) in [6.45, 7) is 1.71. The van der Waals surface area contributed by atoms with Crippen LogP contribution in [-0.4, -0.2) is 54.0 Å². The molecule has 3 rings (SSSR count). The predicted octanol–water partition coefficient (Wildman–Crippen LogP) is 3.37. The van der Waals surface area contributed by atoms with Gasteiger partial charge in [0.2, 0.25) is 5.91 Å². The van der Waals surface area contributed by atoms with Crippen molar-refractivity contribution in [3.63, 3.8) is 0 Å². The number of aromatic nitrogens is 1. The molecule has 1 aromatic heterocycles. The molecule has 1 unspecified atom stereocenters. The molecule has 2 atom stereocenters. The largest absolute Gasteiger partial charge is 0.382 e. The van der Waals surface area contributed by atoms with Gasteiger partial charge in [-0.2, -0.15) is 0 Å². The molecule has 2 fully saturated rings. The lowest BCUT2D eigenvalue weighted by atomic mass is 9.79. The first-order chi connectivity index (χ1) is 14.7. The number of halogens is 2. The second-order valence-electron chi connectivity index (χ2n) is 8.61. The van der Waals surface area contributed by atoms with E-state index in [2.05, 4.69) is 17.2 Å². The normalized spacial score (nSPS) is 25.6. The number of carbonyl (C=O) groups excluding carboxylic acids is 2. The zero-order valence-electron chi connectivity index (χ0n) is 17.9. The number of rotatable bonds is 7. The van der Waals surface area contributed by atoms with E-state index in [-0.39, 0.29) is 37.0 Å². The third-order valence-electron chi connectivity index (χ3n) is 6.25. The number of likely N-dealkylation sites (tertiary alicyclic amines) is 1. The molecule has 0 radical (unpaired) electrons. The lowest BCUT2D eigenvalue weighted by Crippen LogP contribution is -2.44. The summed E-state index contributed by atoms with van der Waals surface area (Å²) in [4.78, 5) is 30.2. The number of hydrogen-bond acceptors (Lipinski definition) is 7. The minimum Gasteiger partial charge on any atom is -0.382 e. The Morgan fingerprint density at radius 3 is 2.81 bits per heavy atom. The number of amides is 1. The molecule has 7 nitrogen and oxygen atoms in total. The van der Waals surface area contributed by atoms with Gasteiger partial charge in [0.15, 0.2) is 5.13 Å². The summed E-state index contributed by atoms with van der Waals surface area (Å²) in [6.07, 6.45) is 5.09. The molecule has 2 aliphatic rings. The van der Waals surface area contributed by atoms with Gasteiger partial charge in [-0.05, 0) is 24.7 Å². The first-order valence-electron chi connectivity index (χ1n) is 10.6. The number of alkyl halides is 2. The third-order valence-corrected chi connectivity index (χ3v) is 7.26. The van der Waals surface area contributed by atoms with E-state index >= 15 is 0 Å². The fourth-order valence-corrected chi connectivity index (χ4v) is 5.22. The maximum atomic E-state index is 14.0. The summed E-state index contributed by atoms with van der Waals surface area (Å²) >= 11 is 1.17. The van der Waals surface area contributed by atoms with Crippen molar-refractivity contribution in [2.45, 2.75) is 63.5 Å². The number of nitrogens with zero attached hydrogens (tertiary/aromatic N) is 2. The topological polar surface area (TPSA) is 97.5 Å². The van der Waals surface area contributed by atoms with Crippen LogP contribution in [0.2, 0.25) is 0 Å². The molecular weight excluding hydrogens is 426 g/mol. The van der Waals surface area contributed by atoms with Crippen molar-refractivity contribution in [2.75, 3.05) is 25.6 Å². The van der Waals surface area contributed by atoms with Crippen LogP contribution >= 0.6 is 11.3 Å². The molecule has 3 N–H and O–H groups in total. The summed E-state index contributed by atoms with van der Waals surface area (Å²) in [5, 5.41) is 3.11. The SMILES string of the molecule is COCC(c1cnc(NC(=O)[C@@H](N)C2CCC(C)CC2)s1)N1CC(F)(F)CCC1=C=O. The van der Waals surface area contributed by atoms with Crippen molar-refractivity contribution < 1.29 is 23.1 Å². The first-order valence-corrected chi connectivity index (χ1v) is 11.4. The maximum absolute atomic E-state index is 14.0. The molecular formula is C21H30F2N4O3S. The van der Waals surface area contributed by atoms with Gasteiger partial charge in [0.25, 0.3) is 5.92 Å². The number of ether oxygens (including phenoxy) is 1. The molecule has 172 valence electrons. The fraction of sp³-hybridized carbons (Fsp3) is 0.714. The molecule has 0 bridgehead atoms. The van der Waals surface area contributed by atoms with Gasteiger partial charge in [0.1, 0.15) is 5.94 Å². The van der Waals surface area contributed by atoms with Crippen LogP contribution < -0.4 is 11.1 Å². The minimum atomic E-state index is -2.90. The van der Waals surface area contributed by atoms with Crippen LogP contribution in [0.25, 0.3) is 0 Å². The Balaban J connectivity index is 1.71. The van der Waals surface area contributed by atoms with Crippen LogP contribution in [0.3, 0.4) is 0 Å². The maximum Gasteiger partial charge on any atom is 0.265 e. The lowest BCUT2D eigenvalue weighted by molar-refractivity contribution is -0.118. The van der Waals surface area contributed by atoms with Gasteiger partial charge in [-0.1, -0.05) is 31.1 Å². The zero-order valence-corrected chi connectivity index (χ0v) is 18.7. The van der Waals surface area contributed by atoms with Crippen molar-refractivity contribution in [3.05, 3.63) is 16.8 Å². The van der Waals surface area contributed by atoms with E-state index in [9.17, 15) is 18.4 Å². The van der Waals surface area contributed by atoms with Crippen molar-refractivity contribution >= 4 is 28.3 Å². The number of thiazole rings is 1. The molecule has 1 aliphatic carbocycles. The molecule has 0 spiro atoms. The van der Waals surface area contributed by atoms with E-state index in [4.69, 9.17) is 10.5 Å². The molecule has 10 heteroatoms. The summed E-state index contributed by atoms with van der Waals surface area (Å²) < 4.78 is 33.3. The highest BCUT2D eigenvalue weighted by molar-refractivity contribution is 7.15. The third kappa shape index (κ3) is 5.88. The van der Waals surface area contributed by atoms with Gasteiger partial charge in [0, 0.05) is 26.1 Å². The molecule has 0 aromatic carbocycles. The Kier molecular flexibility index (Phi) is 7.80. The van der Waals surface area contributed by atoms with Crippen LogP contribution in [0, 0.1) is 11.8 Å². The van der Waals surface area contributed by atoms with E-state index in [0.29, 0.717) is 15.9 Å². The molecule has 1 saturated heterocycles. The average Bonchev–Trinajstić information content (AvgIpc) is 3.19. The summed E-state index contributed by atoms with van der Waals surface area (Å²) in [5.41, 5.74) is 6.38. The van der Waals surface area contributed by atoms with Crippen LogP contribution in [0.1, 0.15) is 56.4 Å². The number of anilines is 1. The summed E-state index contributed by atoms with van der Waals surface area (Å²) in [6, 6.07) is -1.23. The monoisotopic (exact) mass is 456 g/mol. The predicted molar refractivity (Wildman–Crippen MR) is 115 cm³/mol. The van der Waals surface area contributed by atoms with Crippen molar-refractivity contribution in [1.82, 2.24) is 9.88 Å². The van der Waals surface area contributed by atoms with Gasteiger partial charge in [-0.3, -0.25) is 4.79 Å². The van der Waals surface area contributed by atoms with Crippen LogP contribution in [0.15, 0.2) is 11.9 Å². The molecule has 1 aliphatic heterocycles. The highest BCUT2D eigenvalue weighted by atomic mass is 32.1. The smallest absolute Gasteiger partial charge is 0.265 e. The van der Waals surface area contributed by atoms with Crippen LogP contribution in [-0.2, 0) is 14.3 Å². The molecule has 1 amide bonds. The Labute approximate surface area is 185 Å². The Bertz CT molecular complexity index is 819. The highest BCUT2D eigenvalue weighted by Crippen LogP contribution is 2.39. The summed E-state index contributed by atoms with van der Waals surface area (Å²) in [7, 11) is 1.47. The van der Waals surface area contributed by atoms with E-state index in [1.54, 1.807) is 5.94 Å². The van der Waals surface area contributed by atoms with Gasteiger partial charge < -0.3 is 20.7 Å². The fourth-order valence-electron chi connectivity index (χ4n) is 4.31. The number of allylic oxidation sites excluding steroid dienone is 1. The molecule has 1 saturated carbocycles. The van der Waals surface area contributed by atoms with Gasteiger partial charge >= 0.3 is 0 Å². The van der Waals surface area contributed by atoms with Crippen LogP contribution in [0.4, 0.5) is 13.9 Å². The molecule has 31 heavy (non-hydrogen) atoms. The van der Waals surface area contributed by atoms with E-state index in [0.717, 1.165) is 25.7 Å². The summed E-state index contributed by atoms with van der Waals surface area (Å²) in [5.74, 6) is -0.588. The van der Waals surface area contributed by atoms with E-state index < -0.39 is 24.6 Å². The first kappa shape index (κ1) is 23.8. The number of carbonyl (C=O) groups is 1.